The molecule has 1 aliphatic carbocycles. The number of nitrogens with zero attached hydrogens (tertiary/aromatic N) is 1. The first-order chi connectivity index (χ1) is 15.2. The van der Waals surface area contributed by atoms with Gasteiger partial charge < -0.3 is 15.7 Å². The number of anilines is 1. The van der Waals surface area contributed by atoms with Crippen LogP contribution in [0, 0.1) is 11.8 Å². The van der Waals surface area contributed by atoms with Gasteiger partial charge in [-0.25, -0.2) is 4.98 Å². The van der Waals surface area contributed by atoms with Gasteiger partial charge in [-0.2, -0.15) is 0 Å². The summed E-state index contributed by atoms with van der Waals surface area (Å²) < 4.78 is 0. The Morgan fingerprint density at radius 3 is 2.41 bits per heavy atom. The second kappa shape index (κ2) is 10.9. The molecule has 1 aromatic heterocycles. The van der Waals surface area contributed by atoms with Crippen molar-refractivity contribution in [2.24, 2.45) is 11.8 Å². The fourth-order valence-electron chi connectivity index (χ4n) is 3.79. The molecule has 1 fully saturated rings. The van der Waals surface area contributed by atoms with Crippen LogP contribution < -0.4 is 10.6 Å². The van der Waals surface area contributed by atoms with Gasteiger partial charge in [-0.15, -0.1) is 0 Å². The second-order valence-corrected chi connectivity index (χ2v) is 9.61. The summed E-state index contributed by atoms with van der Waals surface area (Å²) in [6.07, 6.45) is 4.30. The number of carboxylic acids is 1. The monoisotopic (exact) mass is 517 g/mol. The van der Waals surface area contributed by atoms with Crippen molar-refractivity contribution < 1.29 is 14.7 Å². The van der Waals surface area contributed by atoms with Crippen LogP contribution in [0.25, 0.3) is 0 Å². The van der Waals surface area contributed by atoms with Crippen LogP contribution in [0.1, 0.15) is 54.6 Å². The fourth-order valence-corrected chi connectivity index (χ4v) is 4.80. The second-order valence-electron chi connectivity index (χ2n) is 7.98. The van der Waals surface area contributed by atoms with Gasteiger partial charge in [0.05, 0.1) is 32.6 Å². The number of rotatable bonds is 7. The van der Waals surface area contributed by atoms with Crippen LogP contribution >= 0.6 is 46.4 Å². The summed E-state index contributed by atoms with van der Waals surface area (Å²) in [7, 11) is 0. The van der Waals surface area contributed by atoms with E-state index in [4.69, 9.17) is 51.5 Å². The number of amides is 1. The van der Waals surface area contributed by atoms with Crippen molar-refractivity contribution in [1.82, 2.24) is 10.3 Å². The van der Waals surface area contributed by atoms with Crippen molar-refractivity contribution in [3.8, 4) is 0 Å². The van der Waals surface area contributed by atoms with Gasteiger partial charge >= 0.3 is 5.97 Å². The highest BCUT2D eigenvalue weighted by atomic mass is 35.5. The Labute approximate surface area is 206 Å². The summed E-state index contributed by atoms with van der Waals surface area (Å²) in [5.74, 6) is -0.616. The first-order valence-corrected chi connectivity index (χ1v) is 11.7. The fraction of sp³-hybridized carbons (Fsp3) is 0.409. The Morgan fingerprint density at radius 1 is 1.09 bits per heavy atom. The zero-order valence-electron chi connectivity index (χ0n) is 17.3. The predicted octanol–water partition coefficient (Wildman–Crippen LogP) is 6.49. The lowest BCUT2D eigenvalue weighted by molar-refractivity contribution is -0.143. The number of carbonyl (C=O) groups is 2. The minimum atomic E-state index is -0.739. The van der Waals surface area contributed by atoms with Crippen LogP contribution in [0.4, 0.5) is 5.82 Å². The average molecular weight is 519 g/mol. The van der Waals surface area contributed by atoms with Crippen LogP contribution in [0.2, 0.25) is 20.1 Å². The number of hydrogen-bond donors (Lipinski definition) is 3. The van der Waals surface area contributed by atoms with Crippen LogP contribution in [0.15, 0.2) is 24.4 Å². The van der Waals surface area contributed by atoms with Gasteiger partial charge in [0.25, 0.3) is 5.91 Å². The van der Waals surface area contributed by atoms with Gasteiger partial charge in [0, 0.05) is 17.8 Å². The first-order valence-electron chi connectivity index (χ1n) is 10.2. The molecule has 1 amide bonds. The highest BCUT2D eigenvalue weighted by molar-refractivity contribution is 6.43. The molecule has 1 saturated carbocycles. The van der Waals surface area contributed by atoms with E-state index in [0.29, 0.717) is 51.4 Å². The van der Waals surface area contributed by atoms with Crippen molar-refractivity contribution in [3.05, 3.63) is 55.6 Å². The molecule has 6 nitrogen and oxygen atoms in total. The molecule has 0 spiro atoms. The van der Waals surface area contributed by atoms with Crippen LogP contribution in [0.3, 0.4) is 0 Å². The molecule has 3 N–H and O–H groups in total. The Balaban J connectivity index is 1.59. The number of pyridine rings is 1. The maximum absolute atomic E-state index is 12.5. The normalized spacial score (nSPS) is 19.3. The molecule has 2 aromatic rings. The van der Waals surface area contributed by atoms with Crippen molar-refractivity contribution in [2.75, 3.05) is 11.9 Å². The number of carboxylic acid groups (broad SMARTS) is 1. The van der Waals surface area contributed by atoms with Crippen molar-refractivity contribution in [1.29, 1.82) is 0 Å². The van der Waals surface area contributed by atoms with Gasteiger partial charge in [0.2, 0.25) is 0 Å². The summed E-state index contributed by atoms with van der Waals surface area (Å²) in [4.78, 5) is 27.9. The standard InChI is InChI=1S/C22H23Cl4N3O3/c1-11(16-7-15(23)8-17(24)19(16)26)29-20-18(25)6-14(10-27-20)21(30)28-9-12-2-4-13(5-3-12)22(31)32/h6-8,10-13H,2-5,9H2,1H3,(H,27,29)(H,28,30)(H,31,32)/t11-,12?,13?/m0/s1. The number of benzene rings is 1. The molecule has 0 unspecified atom stereocenters. The van der Waals surface area contributed by atoms with Crippen LogP contribution in [-0.4, -0.2) is 28.5 Å². The molecule has 0 radical (unpaired) electrons. The number of carbonyl (C=O) groups excluding carboxylic acids is 1. The summed E-state index contributed by atoms with van der Waals surface area (Å²) in [5, 5.41) is 16.6. The predicted molar refractivity (Wildman–Crippen MR) is 128 cm³/mol. The van der Waals surface area contributed by atoms with E-state index >= 15 is 0 Å². The Morgan fingerprint density at radius 2 is 1.78 bits per heavy atom. The minimum absolute atomic E-state index is 0.272. The highest BCUT2D eigenvalue weighted by Crippen LogP contribution is 2.35. The van der Waals surface area contributed by atoms with Gasteiger partial charge in [0.15, 0.2) is 0 Å². The molecule has 3 rings (SSSR count). The van der Waals surface area contributed by atoms with E-state index < -0.39 is 5.97 Å². The number of nitrogens with one attached hydrogen (secondary N) is 2. The molecule has 1 heterocycles. The number of aliphatic carboxylic acids is 1. The lowest BCUT2D eigenvalue weighted by Crippen LogP contribution is -2.32. The number of hydrogen-bond acceptors (Lipinski definition) is 4. The van der Waals surface area contributed by atoms with Gasteiger partial charge in [-0.3, -0.25) is 9.59 Å². The SMILES string of the molecule is C[C@H](Nc1ncc(C(=O)NCC2CCC(C(=O)O)CC2)cc1Cl)c1cc(Cl)cc(Cl)c1Cl. The zero-order valence-corrected chi connectivity index (χ0v) is 20.3. The molecular formula is C22H23Cl4N3O3. The maximum atomic E-state index is 12.5. The smallest absolute Gasteiger partial charge is 0.306 e. The summed E-state index contributed by atoms with van der Waals surface area (Å²) >= 11 is 24.8. The number of aromatic nitrogens is 1. The molecule has 1 aliphatic rings. The van der Waals surface area contributed by atoms with Gasteiger partial charge in [-0.05, 0) is 62.3 Å². The first kappa shape index (κ1) is 24.9. The summed E-state index contributed by atoms with van der Waals surface area (Å²) in [6.45, 7) is 2.36. The van der Waals surface area contributed by atoms with E-state index in [0.717, 1.165) is 12.8 Å². The molecule has 32 heavy (non-hydrogen) atoms. The maximum Gasteiger partial charge on any atom is 0.306 e. The Kier molecular flexibility index (Phi) is 8.50. The topological polar surface area (TPSA) is 91.3 Å². The Hall–Kier alpha value is -1.73. The largest absolute Gasteiger partial charge is 0.481 e. The van der Waals surface area contributed by atoms with E-state index in [2.05, 4.69) is 15.6 Å². The molecule has 0 saturated heterocycles. The average Bonchev–Trinajstić information content (AvgIpc) is 2.76. The Bertz CT molecular complexity index is 1010. The third-order valence-corrected chi connectivity index (χ3v) is 7.01. The summed E-state index contributed by atoms with van der Waals surface area (Å²) in [6, 6.07) is 4.54. The van der Waals surface area contributed by atoms with Gasteiger partial charge in [0.1, 0.15) is 5.82 Å². The van der Waals surface area contributed by atoms with Crippen LogP contribution in [0.5, 0.6) is 0 Å². The molecule has 1 aromatic carbocycles. The quantitative estimate of drug-likeness (QED) is 0.364. The molecule has 10 heteroatoms. The highest BCUT2D eigenvalue weighted by Gasteiger charge is 2.26. The van der Waals surface area contributed by atoms with Crippen molar-refractivity contribution in [3.63, 3.8) is 0 Å². The van der Waals surface area contributed by atoms with E-state index in [1.807, 2.05) is 6.92 Å². The molecule has 172 valence electrons. The molecule has 1 atom stereocenters. The third-order valence-electron chi connectivity index (χ3n) is 5.69. The van der Waals surface area contributed by atoms with Crippen molar-refractivity contribution >= 4 is 64.1 Å². The zero-order chi connectivity index (χ0) is 23.4. The minimum Gasteiger partial charge on any atom is -0.481 e. The summed E-state index contributed by atoms with van der Waals surface area (Å²) in [5.41, 5.74) is 1.04. The molecule has 0 aliphatic heterocycles. The van der Waals surface area contributed by atoms with E-state index in [1.54, 1.807) is 18.2 Å². The third kappa shape index (κ3) is 6.19. The van der Waals surface area contributed by atoms with E-state index in [1.165, 1.54) is 6.20 Å². The van der Waals surface area contributed by atoms with Gasteiger partial charge in [-0.1, -0.05) is 46.4 Å². The molecular weight excluding hydrogens is 496 g/mol. The van der Waals surface area contributed by atoms with Crippen LogP contribution in [-0.2, 0) is 4.79 Å². The molecule has 0 bridgehead atoms. The van der Waals surface area contributed by atoms with E-state index in [-0.39, 0.29) is 28.8 Å². The lowest BCUT2D eigenvalue weighted by Gasteiger charge is -2.26. The van der Waals surface area contributed by atoms with E-state index in [9.17, 15) is 9.59 Å². The lowest BCUT2D eigenvalue weighted by atomic mass is 9.82. The van der Waals surface area contributed by atoms with Crippen molar-refractivity contribution in [2.45, 2.75) is 38.6 Å². The number of halogens is 4.